The molecule has 3 aromatic carbocycles. The van der Waals surface area contributed by atoms with Crippen molar-refractivity contribution in [2.75, 3.05) is 6.61 Å². The number of ether oxygens (including phenoxy) is 2. The second-order valence-electron chi connectivity index (χ2n) is 7.05. The standard InChI is InChI=1S/C13H20O3.2C7H8O.C2H6/c1-3-13(16-11(2)14)10-15-9-12-7-5-4-6-8-12;2*8-6-7-4-2-1-3-5-7;1-2/h4-8,11,13-14H,3,9-10H2,1-2H3;2*1-5,8H,6H2;1-2H3. The van der Waals surface area contributed by atoms with Gasteiger partial charge in [0.2, 0.25) is 0 Å². The lowest BCUT2D eigenvalue weighted by Crippen LogP contribution is -2.23. The molecule has 0 saturated heterocycles. The Labute approximate surface area is 205 Å². The minimum atomic E-state index is -0.731. The van der Waals surface area contributed by atoms with Crippen LogP contribution >= 0.6 is 0 Å². The van der Waals surface area contributed by atoms with E-state index < -0.39 is 6.29 Å². The first-order valence-electron chi connectivity index (χ1n) is 11.8. The van der Waals surface area contributed by atoms with Crippen molar-refractivity contribution in [2.45, 2.75) is 66.3 Å². The Kier molecular flexibility index (Phi) is 20.6. The van der Waals surface area contributed by atoms with Gasteiger partial charge in [-0.05, 0) is 30.0 Å². The van der Waals surface area contributed by atoms with E-state index in [0.717, 1.165) is 23.1 Å². The van der Waals surface area contributed by atoms with Crippen LogP contribution in [0.1, 0.15) is 50.8 Å². The van der Waals surface area contributed by atoms with Crippen molar-refractivity contribution < 1.29 is 24.8 Å². The Hall–Kier alpha value is -2.54. The summed E-state index contributed by atoms with van der Waals surface area (Å²) in [6.45, 7) is 9.00. The van der Waals surface area contributed by atoms with Crippen molar-refractivity contribution in [2.24, 2.45) is 0 Å². The van der Waals surface area contributed by atoms with Gasteiger partial charge in [-0.25, -0.2) is 0 Å². The summed E-state index contributed by atoms with van der Waals surface area (Å²) in [5.41, 5.74) is 3.08. The van der Waals surface area contributed by atoms with Crippen molar-refractivity contribution in [1.29, 1.82) is 0 Å². The minimum absolute atomic E-state index is 0.0382. The van der Waals surface area contributed by atoms with Gasteiger partial charge >= 0.3 is 0 Å². The van der Waals surface area contributed by atoms with Crippen LogP contribution in [0.15, 0.2) is 91.0 Å². The Morgan fingerprint density at radius 3 is 1.35 bits per heavy atom. The lowest BCUT2D eigenvalue weighted by atomic mass is 10.2. The maximum Gasteiger partial charge on any atom is 0.152 e. The molecule has 0 amide bonds. The van der Waals surface area contributed by atoms with E-state index >= 15 is 0 Å². The summed E-state index contributed by atoms with van der Waals surface area (Å²) in [5.74, 6) is 0. The molecule has 0 aromatic heterocycles. The highest BCUT2D eigenvalue weighted by Crippen LogP contribution is 2.05. The first-order valence-corrected chi connectivity index (χ1v) is 11.8. The summed E-state index contributed by atoms with van der Waals surface area (Å²) < 4.78 is 10.8. The van der Waals surface area contributed by atoms with Gasteiger partial charge in [-0.2, -0.15) is 0 Å². The smallest absolute Gasteiger partial charge is 0.152 e. The largest absolute Gasteiger partial charge is 0.392 e. The Morgan fingerprint density at radius 1 is 0.676 bits per heavy atom. The molecule has 188 valence electrons. The number of aliphatic hydroxyl groups excluding tert-OH is 3. The molecule has 0 fully saturated rings. The van der Waals surface area contributed by atoms with Crippen LogP contribution in [0.4, 0.5) is 0 Å². The van der Waals surface area contributed by atoms with Crippen molar-refractivity contribution in [1.82, 2.24) is 0 Å². The van der Waals surface area contributed by atoms with Crippen LogP contribution < -0.4 is 0 Å². The van der Waals surface area contributed by atoms with Crippen molar-refractivity contribution >= 4 is 0 Å². The molecule has 0 aliphatic heterocycles. The summed E-state index contributed by atoms with van der Waals surface area (Å²) in [7, 11) is 0. The highest BCUT2D eigenvalue weighted by atomic mass is 16.6. The summed E-state index contributed by atoms with van der Waals surface area (Å²) in [5, 5.41) is 26.2. The summed E-state index contributed by atoms with van der Waals surface area (Å²) in [6.07, 6.45) is 0.0636. The van der Waals surface area contributed by atoms with Gasteiger partial charge in [-0.3, -0.25) is 0 Å². The zero-order chi connectivity index (χ0) is 25.4. The molecule has 0 heterocycles. The van der Waals surface area contributed by atoms with E-state index in [2.05, 4.69) is 0 Å². The quantitative estimate of drug-likeness (QED) is 0.349. The predicted molar refractivity (Wildman–Crippen MR) is 139 cm³/mol. The molecule has 0 radical (unpaired) electrons. The highest BCUT2D eigenvalue weighted by molar-refractivity contribution is 5.14. The fourth-order valence-corrected chi connectivity index (χ4v) is 2.58. The molecule has 2 atom stereocenters. The van der Waals surface area contributed by atoms with Gasteiger partial charge in [-0.15, -0.1) is 0 Å². The third kappa shape index (κ3) is 17.0. The number of benzene rings is 3. The van der Waals surface area contributed by atoms with Crippen molar-refractivity contribution in [3.8, 4) is 0 Å². The minimum Gasteiger partial charge on any atom is -0.392 e. The van der Waals surface area contributed by atoms with Gasteiger partial charge in [0.1, 0.15) is 0 Å². The SMILES string of the molecule is CC.CCC(COCc1ccccc1)OC(C)O.OCc1ccccc1.OCc1ccccc1. The summed E-state index contributed by atoms with van der Waals surface area (Å²) in [6, 6.07) is 29.1. The molecule has 0 saturated carbocycles. The van der Waals surface area contributed by atoms with E-state index in [9.17, 15) is 0 Å². The topological polar surface area (TPSA) is 79.2 Å². The van der Waals surface area contributed by atoms with Crippen LogP contribution in [0, 0.1) is 0 Å². The third-order valence-electron chi connectivity index (χ3n) is 4.31. The van der Waals surface area contributed by atoms with Crippen LogP contribution in [0.2, 0.25) is 0 Å². The molecule has 0 bridgehead atoms. The average Bonchev–Trinajstić information content (AvgIpc) is 2.91. The maximum absolute atomic E-state index is 9.09. The molecule has 5 nitrogen and oxygen atoms in total. The van der Waals surface area contributed by atoms with Crippen LogP contribution in [0.3, 0.4) is 0 Å². The summed E-state index contributed by atoms with van der Waals surface area (Å²) in [4.78, 5) is 0. The van der Waals surface area contributed by atoms with Crippen LogP contribution in [0.5, 0.6) is 0 Å². The van der Waals surface area contributed by atoms with Gasteiger partial charge in [-0.1, -0.05) is 112 Å². The molecule has 34 heavy (non-hydrogen) atoms. The second kappa shape index (κ2) is 22.3. The van der Waals surface area contributed by atoms with Crippen LogP contribution in [-0.2, 0) is 29.3 Å². The average molecular weight is 471 g/mol. The lowest BCUT2D eigenvalue weighted by Gasteiger charge is -2.18. The van der Waals surface area contributed by atoms with Gasteiger partial charge in [0, 0.05) is 0 Å². The van der Waals surface area contributed by atoms with E-state index in [0.29, 0.717) is 13.2 Å². The number of hydrogen-bond donors (Lipinski definition) is 3. The Morgan fingerprint density at radius 2 is 1.06 bits per heavy atom. The first kappa shape index (κ1) is 31.5. The van der Waals surface area contributed by atoms with Gasteiger partial charge < -0.3 is 24.8 Å². The molecule has 5 heteroatoms. The first-order chi connectivity index (χ1) is 16.6. The second-order valence-corrected chi connectivity index (χ2v) is 7.05. The Bertz CT molecular complexity index is 740. The molecule has 3 aromatic rings. The van der Waals surface area contributed by atoms with E-state index in [-0.39, 0.29) is 19.3 Å². The maximum atomic E-state index is 9.09. The molecule has 0 aliphatic rings. The molecule has 2 unspecified atom stereocenters. The third-order valence-corrected chi connectivity index (χ3v) is 4.31. The van der Waals surface area contributed by atoms with E-state index in [1.165, 1.54) is 0 Å². The molecular formula is C29H42O5. The normalized spacial score (nSPS) is 11.4. The number of rotatable bonds is 9. The molecular weight excluding hydrogens is 428 g/mol. The van der Waals surface area contributed by atoms with Gasteiger partial charge in [0.25, 0.3) is 0 Å². The monoisotopic (exact) mass is 470 g/mol. The van der Waals surface area contributed by atoms with Crippen molar-refractivity contribution in [3.05, 3.63) is 108 Å². The molecule has 3 rings (SSSR count). The van der Waals surface area contributed by atoms with E-state index in [1.807, 2.05) is 112 Å². The Balaban J connectivity index is 0.000000507. The molecule has 0 aliphatic carbocycles. The summed E-state index contributed by atoms with van der Waals surface area (Å²) >= 11 is 0. The molecule has 0 spiro atoms. The fraction of sp³-hybridized carbons (Fsp3) is 0.379. The van der Waals surface area contributed by atoms with E-state index in [4.69, 9.17) is 24.8 Å². The van der Waals surface area contributed by atoms with Crippen LogP contribution in [-0.4, -0.2) is 34.3 Å². The van der Waals surface area contributed by atoms with Gasteiger partial charge in [0.15, 0.2) is 6.29 Å². The lowest BCUT2D eigenvalue weighted by molar-refractivity contribution is -0.143. The molecule has 3 N–H and O–H groups in total. The fourth-order valence-electron chi connectivity index (χ4n) is 2.58. The van der Waals surface area contributed by atoms with E-state index in [1.54, 1.807) is 6.92 Å². The van der Waals surface area contributed by atoms with Crippen LogP contribution in [0.25, 0.3) is 0 Å². The number of hydrogen-bond acceptors (Lipinski definition) is 5. The highest BCUT2D eigenvalue weighted by Gasteiger charge is 2.09. The predicted octanol–water partition coefficient (Wildman–Crippen LogP) is 5.72. The van der Waals surface area contributed by atoms with Gasteiger partial charge in [0.05, 0.1) is 32.5 Å². The van der Waals surface area contributed by atoms with Crippen molar-refractivity contribution in [3.63, 3.8) is 0 Å². The zero-order valence-corrected chi connectivity index (χ0v) is 21.0. The number of aliphatic hydroxyl groups is 3. The zero-order valence-electron chi connectivity index (χ0n) is 21.0.